The maximum atomic E-state index is 12.2. The van der Waals surface area contributed by atoms with Crippen LogP contribution in [0.5, 0.6) is 11.5 Å². The van der Waals surface area contributed by atoms with Crippen molar-refractivity contribution >= 4 is 22.4 Å². The fourth-order valence-corrected chi connectivity index (χ4v) is 2.70. The average molecular weight is 305 g/mol. The molecule has 1 aromatic carbocycles. The van der Waals surface area contributed by atoms with Gasteiger partial charge >= 0.3 is 0 Å². The lowest BCUT2D eigenvalue weighted by Gasteiger charge is -2.25. The summed E-state index contributed by atoms with van der Waals surface area (Å²) in [6, 6.07) is 7.10. The lowest BCUT2D eigenvalue weighted by molar-refractivity contribution is -0.125. The van der Waals surface area contributed by atoms with Crippen LogP contribution in [0.3, 0.4) is 0 Å². The minimum atomic E-state index is -0.692. The summed E-state index contributed by atoms with van der Waals surface area (Å²) in [5, 5.41) is 5.06. The molecule has 0 saturated heterocycles. The van der Waals surface area contributed by atoms with Crippen LogP contribution in [0.25, 0.3) is 0 Å². The molecule has 7 heteroatoms. The van der Waals surface area contributed by atoms with Crippen molar-refractivity contribution in [3.63, 3.8) is 0 Å². The first-order valence-electron chi connectivity index (χ1n) is 6.54. The number of hydrogen-bond donors (Lipinski definition) is 2. The van der Waals surface area contributed by atoms with Crippen LogP contribution in [0.1, 0.15) is 18.7 Å². The van der Waals surface area contributed by atoms with E-state index in [4.69, 9.17) is 15.2 Å². The van der Waals surface area contributed by atoms with Crippen molar-refractivity contribution in [3.05, 3.63) is 35.3 Å². The number of aromatic nitrogens is 1. The summed E-state index contributed by atoms with van der Waals surface area (Å²) >= 11 is 1.34. The summed E-state index contributed by atoms with van der Waals surface area (Å²) in [6.45, 7) is 2.02. The van der Waals surface area contributed by atoms with E-state index in [9.17, 15) is 4.79 Å². The van der Waals surface area contributed by atoms with Crippen LogP contribution in [0.4, 0.5) is 5.13 Å². The van der Waals surface area contributed by atoms with Gasteiger partial charge in [-0.2, -0.15) is 0 Å². The summed E-state index contributed by atoms with van der Waals surface area (Å²) in [4.78, 5) is 16.4. The van der Waals surface area contributed by atoms with E-state index in [1.165, 1.54) is 11.3 Å². The van der Waals surface area contributed by atoms with E-state index in [-0.39, 0.29) is 18.6 Å². The smallest absolute Gasteiger partial charge is 0.270 e. The molecule has 0 saturated carbocycles. The maximum absolute atomic E-state index is 12.2. The van der Waals surface area contributed by atoms with Crippen LogP contribution in [0.15, 0.2) is 29.6 Å². The third-order valence-electron chi connectivity index (χ3n) is 3.02. The molecular formula is C14H15N3O3S. The van der Waals surface area contributed by atoms with Gasteiger partial charge in [-0.15, -0.1) is 11.3 Å². The summed E-state index contributed by atoms with van der Waals surface area (Å²) in [5.41, 5.74) is 6.49. The number of carbonyl (C=O) groups excluding carboxylic acids is 1. The molecule has 1 aromatic heterocycles. The van der Waals surface area contributed by atoms with Crippen LogP contribution < -0.4 is 20.5 Å². The van der Waals surface area contributed by atoms with Crippen molar-refractivity contribution in [3.8, 4) is 11.5 Å². The van der Waals surface area contributed by atoms with Crippen molar-refractivity contribution in [2.75, 3.05) is 11.9 Å². The van der Waals surface area contributed by atoms with E-state index >= 15 is 0 Å². The summed E-state index contributed by atoms with van der Waals surface area (Å²) in [5.74, 6) is 0.935. The van der Waals surface area contributed by atoms with Crippen LogP contribution in [0, 0.1) is 0 Å². The van der Waals surface area contributed by atoms with Crippen molar-refractivity contribution in [1.29, 1.82) is 0 Å². The largest absolute Gasteiger partial charge is 0.485 e. The van der Waals surface area contributed by atoms with Gasteiger partial charge in [-0.25, -0.2) is 4.98 Å². The van der Waals surface area contributed by atoms with Crippen molar-refractivity contribution in [2.24, 2.45) is 5.73 Å². The molecule has 2 unspecified atom stereocenters. The molecule has 3 rings (SSSR count). The fourth-order valence-electron chi connectivity index (χ4n) is 1.89. The standard InChI is InChI=1S/C14H15N3O3S/c1-8(15)9-7-21-14(16-9)17-13(18)12-6-19-10-4-2-3-5-11(10)20-12/h2-5,7-8,12H,6,15H2,1H3,(H,16,17,18). The van der Waals surface area contributed by atoms with Crippen molar-refractivity contribution in [1.82, 2.24) is 4.98 Å². The molecule has 0 radical (unpaired) electrons. The van der Waals surface area contributed by atoms with Crippen LogP contribution in [-0.4, -0.2) is 23.6 Å². The quantitative estimate of drug-likeness (QED) is 0.905. The van der Waals surface area contributed by atoms with Crippen LogP contribution in [0.2, 0.25) is 0 Å². The highest BCUT2D eigenvalue weighted by Gasteiger charge is 2.27. The first kappa shape index (κ1) is 13.8. The topological polar surface area (TPSA) is 86.5 Å². The minimum absolute atomic E-state index is 0.159. The highest BCUT2D eigenvalue weighted by atomic mass is 32.1. The molecule has 0 spiro atoms. The molecular weight excluding hydrogens is 290 g/mol. The second-order valence-corrected chi connectivity index (χ2v) is 5.58. The fraction of sp³-hybridized carbons (Fsp3) is 0.286. The number of hydrogen-bond acceptors (Lipinski definition) is 6. The first-order valence-corrected chi connectivity index (χ1v) is 7.42. The van der Waals surface area contributed by atoms with Gasteiger partial charge in [-0.3, -0.25) is 10.1 Å². The second-order valence-electron chi connectivity index (χ2n) is 4.72. The average Bonchev–Trinajstić information content (AvgIpc) is 2.95. The van der Waals surface area contributed by atoms with Gasteiger partial charge in [-0.05, 0) is 19.1 Å². The monoisotopic (exact) mass is 305 g/mol. The lowest BCUT2D eigenvalue weighted by Crippen LogP contribution is -2.40. The zero-order valence-electron chi connectivity index (χ0n) is 11.4. The number of rotatable bonds is 3. The first-order chi connectivity index (χ1) is 10.1. The Bertz CT molecular complexity index is 656. The number of ether oxygens (including phenoxy) is 2. The van der Waals surface area contributed by atoms with E-state index in [0.29, 0.717) is 16.6 Å². The minimum Gasteiger partial charge on any atom is -0.485 e. The second kappa shape index (κ2) is 5.71. The number of para-hydroxylation sites is 2. The predicted octanol–water partition coefficient (Wildman–Crippen LogP) is 1.94. The number of amides is 1. The zero-order valence-corrected chi connectivity index (χ0v) is 12.2. The van der Waals surface area contributed by atoms with E-state index in [2.05, 4.69) is 10.3 Å². The third-order valence-corrected chi connectivity index (χ3v) is 3.80. The highest BCUT2D eigenvalue weighted by molar-refractivity contribution is 7.13. The molecule has 110 valence electrons. The zero-order chi connectivity index (χ0) is 14.8. The molecule has 3 N–H and O–H groups in total. The molecule has 0 bridgehead atoms. The Hall–Kier alpha value is -2.12. The number of nitrogens with one attached hydrogen (secondary N) is 1. The van der Waals surface area contributed by atoms with Crippen molar-refractivity contribution in [2.45, 2.75) is 19.1 Å². The summed E-state index contributed by atoms with van der Waals surface area (Å²) < 4.78 is 11.2. The van der Waals surface area contributed by atoms with Gasteiger partial charge < -0.3 is 15.2 Å². The molecule has 1 amide bonds. The van der Waals surface area contributed by atoms with E-state index in [0.717, 1.165) is 5.69 Å². The van der Waals surface area contributed by atoms with Gasteiger partial charge in [0.15, 0.2) is 16.6 Å². The Labute approximate surface area is 125 Å². The van der Waals surface area contributed by atoms with Gasteiger partial charge in [0, 0.05) is 11.4 Å². The van der Waals surface area contributed by atoms with Gasteiger partial charge in [0.25, 0.3) is 5.91 Å². The summed E-state index contributed by atoms with van der Waals surface area (Å²) in [6.07, 6.45) is -0.692. The van der Waals surface area contributed by atoms with E-state index in [1.807, 2.05) is 24.4 Å². The Morgan fingerprint density at radius 1 is 1.48 bits per heavy atom. The van der Waals surface area contributed by atoms with Gasteiger partial charge in [0.2, 0.25) is 6.10 Å². The molecule has 1 aliphatic rings. The van der Waals surface area contributed by atoms with Gasteiger partial charge in [0.1, 0.15) is 6.61 Å². The number of carbonyl (C=O) groups is 1. The van der Waals surface area contributed by atoms with Gasteiger partial charge in [0.05, 0.1) is 5.69 Å². The Balaban J connectivity index is 1.66. The summed E-state index contributed by atoms with van der Waals surface area (Å²) in [7, 11) is 0. The van der Waals surface area contributed by atoms with Crippen molar-refractivity contribution < 1.29 is 14.3 Å². The SMILES string of the molecule is CC(N)c1csc(NC(=O)C2COc3ccccc3O2)n1. The van der Waals surface area contributed by atoms with E-state index in [1.54, 1.807) is 12.1 Å². The van der Waals surface area contributed by atoms with E-state index < -0.39 is 6.10 Å². The molecule has 2 atom stereocenters. The molecule has 0 aliphatic carbocycles. The number of fused-ring (bicyclic) bond motifs is 1. The van der Waals surface area contributed by atoms with Gasteiger partial charge in [-0.1, -0.05) is 12.1 Å². The molecule has 21 heavy (non-hydrogen) atoms. The maximum Gasteiger partial charge on any atom is 0.270 e. The molecule has 6 nitrogen and oxygen atoms in total. The molecule has 0 fully saturated rings. The van der Waals surface area contributed by atoms with Crippen LogP contribution >= 0.6 is 11.3 Å². The third kappa shape index (κ3) is 2.98. The van der Waals surface area contributed by atoms with Crippen LogP contribution in [-0.2, 0) is 4.79 Å². The molecule has 1 aliphatic heterocycles. The number of anilines is 1. The number of thiazole rings is 1. The highest BCUT2D eigenvalue weighted by Crippen LogP contribution is 2.31. The normalized spacial score (nSPS) is 18.1. The Morgan fingerprint density at radius 2 is 2.24 bits per heavy atom. The Morgan fingerprint density at radius 3 is 2.95 bits per heavy atom. The molecule has 2 aromatic rings. The molecule has 2 heterocycles. The number of nitrogens with two attached hydrogens (primary N) is 1. The Kier molecular flexibility index (Phi) is 3.76. The predicted molar refractivity (Wildman–Crippen MR) is 79.7 cm³/mol. The lowest BCUT2D eigenvalue weighted by atomic mass is 10.2. The number of nitrogens with zero attached hydrogens (tertiary/aromatic N) is 1. The number of benzene rings is 1.